The molecule has 4 heteroatoms. The predicted octanol–water partition coefficient (Wildman–Crippen LogP) is 1.56. The number of aromatic nitrogens is 1. The second-order valence-electron chi connectivity index (χ2n) is 3.19. The Bertz CT molecular complexity index is 497. The summed E-state index contributed by atoms with van der Waals surface area (Å²) >= 11 is 0. The summed E-state index contributed by atoms with van der Waals surface area (Å²) in [5.74, 6) is -0.469. The molecule has 2 N–H and O–H groups in total. The van der Waals surface area contributed by atoms with E-state index in [1.165, 1.54) is 0 Å². The van der Waals surface area contributed by atoms with Gasteiger partial charge in [-0.25, -0.2) is 4.79 Å². The zero-order valence-electron chi connectivity index (χ0n) is 7.78. The third-order valence-corrected chi connectivity index (χ3v) is 2.22. The molecule has 0 saturated heterocycles. The smallest absolute Gasteiger partial charge is 0.408 e. The van der Waals surface area contributed by atoms with Crippen LogP contribution in [-0.4, -0.2) is 10.1 Å². The van der Waals surface area contributed by atoms with Crippen molar-refractivity contribution in [2.45, 2.75) is 19.4 Å². The first-order chi connectivity index (χ1) is 6.70. The van der Waals surface area contributed by atoms with E-state index in [0.29, 0.717) is 17.5 Å². The van der Waals surface area contributed by atoms with Crippen LogP contribution < -0.4 is 5.76 Å². The summed E-state index contributed by atoms with van der Waals surface area (Å²) in [5.41, 5.74) is 1.91. The van der Waals surface area contributed by atoms with Crippen molar-refractivity contribution in [3.8, 4) is 0 Å². The lowest BCUT2D eigenvalue weighted by Crippen LogP contribution is -1.93. The van der Waals surface area contributed by atoms with E-state index >= 15 is 0 Å². The molecule has 2 aromatic rings. The number of H-pyrrole nitrogens is 1. The average Bonchev–Trinajstić information content (AvgIpc) is 2.55. The second-order valence-corrected chi connectivity index (χ2v) is 3.19. The highest BCUT2D eigenvalue weighted by atomic mass is 16.4. The van der Waals surface area contributed by atoms with Gasteiger partial charge in [-0.05, 0) is 24.1 Å². The van der Waals surface area contributed by atoms with Crippen LogP contribution in [-0.2, 0) is 0 Å². The van der Waals surface area contributed by atoms with Crippen LogP contribution in [0.15, 0.2) is 27.4 Å². The molecule has 0 fully saturated rings. The van der Waals surface area contributed by atoms with Crippen molar-refractivity contribution in [2.75, 3.05) is 0 Å². The highest BCUT2D eigenvalue weighted by Crippen LogP contribution is 2.20. The number of oxazole rings is 1. The summed E-state index contributed by atoms with van der Waals surface area (Å²) in [5, 5.41) is 9.57. The van der Waals surface area contributed by atoms with Gasteiger partial charge in [0.25, 0.3) is 0 Å². The molecular weight excluding hydrogens is 182 g/mol. The summed E-state index contributed by atoms with van der Waals surface area (Å²) in [6.07, 6.45) is 0.139. The van der Waals surface area contributed by atoms with Gasteiger partial charge in [-0.15, -0.1) is 0 Å². The van der Waals surface area contributed by atoms with E-state index in [9.17, 15) is 9.90 Å². The van der Waals surface area contributed by atoms with Gasteiger partial charge in [0.15, 0.2) is 5.58 Å². The molecule has 74 valence electrons. The molecule has 0 bridgehead atoms. The Hall–Kier alpha value is -1.55. The van der Waals surface area contributed by atoms with Crippen molar-refractivity contribution in [1.82, 2.24) is 4.98 Å². The molecule has 0 radical (unpaired) electrons. The van der Waals surface area contributed by atoms with Crippen LogP contribution in [0.3, 0.4) is 0 Å². The Labute approximate surface area is 80.2 Å². The zero-order chi connectivity index (χ0) is 10.1. The summed E-state index contributed by atoms with van der Waals surface area (Å²) in [6, 6.07) is 5.19. The van der Waals surface area contributed by atoms with E-state index in [-0.39, 0.29) is 0 Å². The molecule has 0 amide bonds. The van der Waals surface area contributed by atoms with Crippen LogP contribution in [0.25, 0.3) is 11.1 Å². The van der Waals surface area contributed by atoms with Crippen LogP contribution in [0.2, 0.25) is 0 Å². The molecule has 0 aliphatic heterocycles. The maximum Gasteiger partial charge on any atom is 0.417 e. The molecule has 0 aliphatic rings. The fourth-order valence-electron chi connectivity index (χ4n) is 1.40. The largest absolute Gasteiger partial charge is 0.417 e. The van der Waals surface area contributed by atoms with Gasteiger partial charge in [0, 0.05) is 0 Å². The Morgan fingerprint density at radius 2 is 2.36 bits per heavy atom. The third kappa shape index (κ3) is 1.44. The SMILES string of the molecule is CCC(O)c1ccc2[nH]c(=O)oc2c1. The van der Waals surface area contributed by atoms with Crippen LogP contribution in [0.1, 0.15) is 25.0 Å². The van der Waals surface area contributed by atoms with Crippen molar-refractivity contribution < 1.29 is 9.52 Å². The minimum atomic E-state index is -0.500. The van der Waals surface area contributed by atoms with Crippen LogP contribution in [0, 0.1) is 0 Å². The minimum absolute atomic E-state index is 0.469. The molecule has 4 nitrogen and oxygen atoms in total. The molecule has 0 aliphatic carbocycles. The summed E-state index contributed by atoms with van der Waals surface area (Å²) < 4.78 is 4.88. The molecule has 0 saturated carbocycles. The zero-order valence-corrected chi connectivity index (χ0v) is 7.78. The topological polar surface area (TPSA) is 66.2 Å². The van der Waals surface area contributed by atoms with Crippen LogP contribution in [0.5, 0.6) is 0 Å². The first-order valence-corrected chi connectivity index (χ1v) is 4.51. The molecule has 1 aromatic carbocycles. The van der Waals surface area contributed by atoms with E-state index in [2.05, 4.69) is 4.98 Å². The molecule has 1 heterocycles. The highest BCUT2D eigenvalue weighted by Gasteiger charge is 2.07. The van der Waals surface area contributed by atoms with Gasteiger partial charge in [-0.2, -0.15) is 0 Å². The lowest BCUT2D eigenvalue weighted by Gasteiger charge is -2.06. The molecule has 1 atom stereocenters. The fraction of sp³-hybridized carbons (Fsp3) is 0.300. The lowest BCUT2D eigenvalue weighted by molar-refractivity contribution is 0.173. The van der Waals surface area contributed by atoms with Crippen molar-refractivity contribution >= 4 is 11.1 Å². The van der Waals surface area contributed by atoms with Crippen molar-refractivity contribution in [1.29, 1.82) is 0 Å². The lowest BCUT2D eigenvalue weighted by atomic mass is 10.1. The van der Waals surface area contributed by atoms with E-state index in [1.54, 1.807) is 18.2 Å². The number of fused-ring (bicyclic) bond motifs is 1. The quantitative estimate of drug-likeness (QED) is 0.760. The maximum absolute atomic E-state index is 10.9. The number of aliphatic hydroxyl groups excluding tert-OH is 1. The van der Waals surface area contributed by atoms with Crippen molar-refractivity contribution in [2.24, 2.45) is 0 Å². The molecule has 1 unspecified atom stereocenters. The van der Waals surface area contributed by atoms with Crippen molar-refractivity contribution in [3.63, 3.8) is 0 Å². The number of hydrogen-bond donors (Lipinski definition) is 2. The van der Waals surface area contributed by atoms with Gasteiger partial charge >= 0.3 is 5.76 Å². The third-order valence-electron chi connectivity index (χ3n) is 2.22. The summed E-state index contributed by atoms with van der Waals surface area (Å²) in [6.45, 7) is 1.89. The van der Waals surface area contributed by atoms with Gasteiger partial charge in [0.2, 0.25) is 0 Å². The first-order valence-electron chi connectivity index (χ1n) is 4.51. The molecule has 1 aromatic heterocycles. The summed E-state index contributed by atoms with van der Waals surface area (Å²) in [7, 11) is 0. The van der Waals surface area contributed by atoms with Gasteiger partial charge in [0.05, 0.1) is 11.6 Å². The maximum atomic E-state index is 10.9. The normalized spacial score (nSPS) is 13.3. The summed E-state index contributed by atoms with van der Waals surface area (Å²) in [4.78, 5) is 13.4. The second kappa shape index (κ2) is 3.31. The van der Waals surface area contributed by atoms with E-state index in [1.807, 2.05) is 6.92 Å². The van der Waals surface area contributed by atoms with Gasteiger partial charge in [0.1, 0.15) is 0 Å². The molecule has 14 heavy (non-hydrogen) atoms. The first kappa shape index (κ1) is 9.02. The van der Waals surface area contributed by atoms with Crippen LogP contribution >= 0.6 is 0 Å². The van der Waals surface area contributed by atoms with Gasteiger partial charge in [-0.3, -0.25) is 4.98 Å². The number of nitrogens with one attached hydrogen (secondary N) is 1. The Morgan fingerprint density at radius 3 is 3.07 bits per heavy atom. The molecule has 0 spiro atoms. The van der Waals surface area contributed by atoms with E-state index in [4.69, 9.17) is 4.42 Å². The fourth-order valence-corrected chi connectivity index (χ4v) is 1.40. The number of aromatic amines is 1. The van der Waals surface area contributed by atoms with E-state index in [0.717, 1.165) is 5.56 Å². The van der Waals surface area contributed by atoms with Gasteiger partial charge < -0.3 is 9.52 Å². The minimum Gasteiger partial charge on any atom is -0.408 e. The van der Waals surface area contributed by atoms with Crippen molar-refractivity contribution in [3.05, 3.63) is 34.3 Å². The van der Waals surface area contributed by atoms with E-state index < -0.39 is 11.9 Å². The number of rotatable bonds is 2. The predicted molar refractivity (Wildman–Crippen MR) is 52.1 cm³/mol. The van der Waals surface area contributed by atoms with Crippen LogP contribution in [0.4, 0.5) is 0 Å². The molecular formula is C10H11NO3. The standard InChI is InChI=1S/C10H11NO3/c1-2-8(12)6-3-4-7-9(5-6)14-10(13)11-7/h3-5,8,12H,2H2,1H3,(H,11,13). The average molecular weight is 193 g/mol. The monoisotopic (exact) mass is 193 g/mol. The van der Waals surface area contributed by atoms with Gasteiger partial charge in [-0.1, -0.05) is 13.0 Å². The Morgan fingerprint density at radius 1 is 1.57 bits per heavy atom. The number of aliphatic hydroxyl groups is 1. The highest BCUT2D eigenvalue weighted by molar-refractivity contribution is 5.72. The molecule has 2 rings (SSSR count). The number of hydrogen-bond acceptors (Lipinski definition) is 3. The number of benzene rings is 1. The Kier molecular flexibility index (Phi) is 2.13. The Balaban J connectivity index is 2.55.